The minimum Gasteiger partial charge on any atom is -0.497 e. The van der Waals surface area contributed by atoms with Crippen LogP contribution in [-0.4, -0.2) is 51.4 Å². The maximum absolute atomic E-state index is 13.8. The van der Waals surface area contributed by atoms with Crippen LogP contribution in [-0.2, 0) is 26.2 Å². The van der Waals surface area contributed by atoms with Crippen LogP contribution < -0.4 is 14.4 Å². The Balaban J connectivity index is 2.05. The van der Waals surface area contributed by atoms with Crippen LogP contribution >= 0.6 is 34.8 Å². The van der Waals surface area contributed by atoms with E-state index in [0.29, 0.717) is 27.9 Å². The molecular formula is C27H28Cl3N3O5S. The number of hydrogen-bond donors (Lipinski definition) is 1. The second kappa shape index (κ2) is 13.4. The van der Waals surface area contributed by atoms with Gasteiger partial charge in [0.05, 0.1) is 17.7 Å². The number of likely N-dealkylation sites (N-methyl/N-ethyl adjacent to an activating group) is 1. The first-order valence-corrected chi connectivity index (χ1v) is 14.5. The molecule has 0 saturated heterocycles. The maximum atomic E-state index is 13.8. The number of nitrogens with zero attached hydrogens (tertiary/aromatic N) is 2. The van der Waals surface area contributed by atoms with Crippen molar-refractivity contribution in [3.05, 3.63) is 87.4 Å². The molecule has 3 aromatic carbocycles. The zero-order valence-electron chi connectivity index (χ0n) is 21.5. The van der Waals surface area contributed by atoms with E-state index in [-0.39, 0.29) is 22.2 Å². The fourth-order valence-corrected chi connectivity index (χ4v) is 5.83. The Labute approximate surface area is 243 Å². The smallest absolute Gasteiger partial charge is 0.264 e. The van der Waals surface area contributed by atoms with Gasteiger partial charge >= 0.3 is 0 Å². The standard InChI is InChI=1S/C27H28Cl3N3O5S/c1-4-31-27(35)18(2)32(16-19-8-9-21(29)15-25(19)30)26(34)17-33(22-7-5-6-20(28)14-22)39(36,37)24-12-10-23(38-3)11-13-24/h5-15,18H,4,16-17H2,1-3H3,(H,31,35). The molecule has 1 N–H and O–H groups in total. The molecule has 0 heterocycles. The van der Waals surface area contributed by atoms with E-state index < -0.39 is 34.4 Å². The van der Waals surface area contributed by atoms with Gasteiger partial charge in [-0.1, -0.05) is 46.9 Å². The number of methoxy groups -OCH3 is 1. The van der Waals surface area contributed by atoms with Gasteiger partial charge in [0.2, 0.25) is 11.8 Å². The van der Waals surface area contributed by atoms with E-state index >= 15 is 0 Å². The zero-order valence-corrected chi connectivity index (χ0v) is 24.6. The molecule has 39 heavy (non-hydrogen) atoms. The lowest BCUT2D eigenvalue weighted by Gasteiger charge is -2.32. The van der Waals surface area contributed by atoms with Crippen molar-refractivity contribution in [1.29, 1.82) is 0 Å². The number of carbonyl (C=O) groups is 2. The SMILES string of the molecule is CCNC(=O)C(C)N(Cc1ccc(Cl)cc1Cl)C(=O)CN(c1cccc(Cl)c1)S(=O)(=O)c1ccc(OC)cc1. The van der Waals surface area contributed by atoms with Crippen molar-refractivity contribution in [2.24, 2.45) is 0 Å². The first-order valence-electron chi connectivity index (χ1n) is 11.9. The number of hydrogen-bond acceptors (Lipinski definition) is 5. The average Bonchev–Trinajstić information content (AvgIpc) is 2.90. The van der Waals surface area contributed by atoms with Crippen molar-refractivity contribution in [3.63, 3.8) is 0 Å². The number of carbonyl (C=O) groups excluding carboxylic acids is 2. The van der Waals surface area contributed by atoms with Crippen LogP contribution in [0.2, 0.25) is 15.1 Å². The highest BCUT2D eigenvalue weighted by Crippen LogP contribution is 2.28. The lowest BCUT2D eigenvalue weighted by atomic mass is 10.1. The number of rotatable bonds is 11. The number of sulfonamides is 1. The summed E-state index contributed by atoms with van der Waals surface area (Å²) < 4.78 is 33.7. The van der Waals surface area contributed by atoms with Gasteiger partial charge < -0.3 is 15.0 Å². The Morgan fingerprint density at radius 3 is 2.23 bits per heavy atom. The van der Waals surface area contributed by atoms with Gasteiger partial charge in [-0.2, -0.15) is 0 Å². The second-order valence-electron chi connectivity index (χ2n) is 8.50. The van der Waals surface area contributed by atoms with Crippen molar-refractivity contribution >= 4 is 62.3 Å². The highest BCUT2D eigenvalue weighted by atomic mass is 35.5. The van der Waals surface area contributed by atoms with Crippen LogP contribution in [0.15, 0.2) is 71.6 Å². The lowest BCUT2D eigenvalue weighted by molar-refractivity contribution is -0.139. The molecule has 2 amide bonds. The van der Waals surface area contributed by atoms with Gasteiger partial charge in [0.25, 0.3) is 10.0 Å². The third-order valence-corrected chi connectivity index (χ3v) is 8.51. The third-order valence-electron chi connectivity index (χ3n) is 5.90. The molecule has 208 valence electrons. The summed E-state index contributed by atoms with van der Waals surface area (Å²) in [5, 5.41) is 3.71. The first kappa shape index (κ1) is 30.6. The largest absolute Gasteiger partial charge is 0.497 e. The molecule has 0 bridgehead atoms. The van der Waals surface area contributed by atoms with E-state index in [1.54, 1.807) is 38.1 Å². The molecule has 3 aromatic rings. The van der Waals surface area contributed by atoms with Gasteiger partial charge in [-0.05, 0) is 74.0 Å². The van der Waals surface area contributed by atoms with E-state index in [1.807, 2.05) is 0 Å². The summed E-state index contributed by atoms with van der Waals surface area (Å²) in [6.45, 7) is 3.01. The van der Waals surface area contributed by atoms with E-state index in [4.69, 9.17) is 39.5 Å². The summed E-state index contributed by atoms with van der Waals surface area (Å²) in [5.74, 6) is -0.554. The van der Waals surface area contributed by atoms with Gasteiger partial charge in [0.15, 0.2) is 0 Å². The number of anilines is 1. The van der Waals surface area contributed by atoms with E-state index in [0.717, 1.165) is 4.31 Å². The Morgan fingerprint density at radius 2 is 1.64 bits per heavy atom. The molecular weight excluding hydrogens is 585 g/mol. The van der Waals surface area contributed by atoms with Gasteiger partial charge in [0, 0.05) is 28.2 Å². The number of halogens is 3. The van der Waals surface area contributed by atoms with Crippen LogP contribution in [0.1, 0.15) is 19.4 Å². The highest BCUT2D eigenvalue weighted by molar-refractivity contribution is 7.92. The molecule has 0 aromatic heterocycles. The van der Waals surface area contributed by atoms with Crippen LogP contribution in [0.25, 0.3) is 0 Å². The summed E-state index contributed by atoms with van der Waals surface area (Å²) in [7, 11) is -2.77. The Hall–Kier alpha value is -2.98. The summed E-state index contributed by atoms with van der Waals surface area (Å²) >= 11 is 18.6. The van der Waals surface area contributed by atoms with Crippen LogP contribution in [0.3, 0.4) is 0 Å². The van der Waals surface area contributed by atoms with Crippen molar-refractivity contribution < 1.29 is 22.7 Å². The number of nitrogens with one attached hydrogen (secondary N) is 1. The Morgan fingerprint density at radius 1 is 0.974 bits per heavy atom. The minimum absolute atomic E-state index is 0.0554. The number of amides is 2. The number of ether oxygens (including phenoxy) is 1. The molecule has 8 nitrogen and oxygen atoms in total. The average molecular weight is 613 g/mol. The topological polar surface area (TPSA) is 96.0 Å². The maximum Gasteiger partial charge on any atom is 0.264 e. The van der Waals surface area contributed by atoms with Gasteiger partial charge in [-0.3, -0.25) is 13.9 Å². The second-order valence-corrected chi connectivity index (χ2v) is 11.6. The van der Waals surface area contributed by atoms with Crippen molar-refractivity contribution in [1.82, 2.24) is 10.2 Å². The predicted molar refractivity (Wildman–Crippen MR) is 154 cm³/mol. The van der Waals surface area contributed by atoms with E-state index in [1.165, 1.54) is 54.5 Å². The molecule has 0 fully saturated rings. The van der Waals surface area contributed by atoms with Gasteiger partial charge in [-0.15, -0.1) is 0 Å². The first-order chi connectivity index (χ1) is 18.5. The Bertz CT molecular complexity index is 1430. The van der Waals surface area contributed by atoms with Crippen LogP contribution in [0.5, 0.6) is 5.75 Å². The zero-order chi connectivity index (χ0) is 28.7. The molecule has 3 rings (SSSR count). The molecule has 1 unspecified atom stereocenters. The Kier molecular flexibility index (Phi) is 10.5. The summed E-state index contributed by atoms with van der Waals surface area (Å²) in [6.07, 6.45) is 0. The van der Waals surface area contributed by atoms with Crippen molar-refractivity contribution in [2.75, 3.05) is 24.5 Å². The molecule has 12 heteroatoms. The molecule has 0 aliphatic carbocycles. The normalized spacial score (nSPS) is 11.9. The quantitative estimate of drug-likeness (QED) is 0.313. The molecule has 0 radical (unpaired) electrons. The monoisotopic (exact) mass is 611 g/mol. The summed E-state index contributed by atoms with van der Waals surface area (Å²) in [4.78, 5) is 27.8. The molecule has 0 aliphatic heterocycles. The van der Waals surface area contributed by atoms with Gasteiger partial charge in [-0.25, -0.2) is 8.42 Å². The highest BCUT2D eigenvalue weighted by Gasteiger charge is 2.32. The fourth-order valence-electron chi connectivity index (χ4n) is 3.77. The fraction of sp³-hybridized carbons (Fsp3) is 0.259. The molecule has 0 spiro atoms. The van der Waals surface area contributed by atoms with Crippen LogP contribution in [0.4, 0.5) is 5.69 Å². The van der Waals surface area contributed by atoms with Crippen molar-refractivity contribution in [3.8, 4) is 5.75 Å². The lowest BCUT2D eigenvalue weighted by Crippen LogP contribution is -2.51. The third kappa shape index (κ3) is 7.57. The number of benzene rings is 3. The van der Waals surface area contributed by atoms with E-state index in [9.17, 15) is 18.0 Å². The van der Waals surface area contributed by atoms with E-state index in [2.05, 4.69) is 5.32 Å². The van der Waals surface area contributed by atoms with Crippen molar-refractivity contribution in [2.45, 2.75) is 31.3 Å². The molecule has 0 saturated carbocycles. The predicted octanol–water partition coefficient (Wildman–Crippen LogP) is 5.40. The van der Waals surface area contributed by atoms with Crippen LogP contribution in [0, 0.1) is 0 Å². The summed E-state index contributed by atoms with van der Waals surface area (Å²) in [6, 6.07) is 15.8. The summed E-state index contributed by atoms with van der Waals surface area (Å²) in [5.41, 5.74) is 0.722. The van der Waals surface area contributed by atoms with Gasteiger partial charge in [0.1, 0.15) is 18.3 Å². The molecule has 0 aliphatic rings. The minimum atomic E-state index is -4.24. The molecule has 1 atom stereocenters.